The molecule has 0 saturated carbocycles. The Labute approximate surface area is 91.1 Å². The largest absolute Gasteiger partial charge is 0.490 e. The number of esters is 1. The highest BCUT2D eigenvalue weighted by atomic mass is 79.9. The van der Waals surface area contributed by atoms with Crippen molar-refractivity contribution in [1.82, 2.24) is 0 Å². The van der Waals surface area contributed by atoms with Crippen molar-refractivity contribution in [2.75, 3.05) is 13.2 Å². The second-order valence-corrected chi connectivity index (χ2v) is 3.56. The van der Waals surface area contributed by atoms with E-state index in [9.17, 15) is 4.79 Å². The van der Waals surface area contributed by atoms with Gasteiger partial charge in [0.05, 0.1) is 0 Å². The van der Waals surface area contributed by atoms with Gasteiger partial charge in [0.1, 0.15) is 19.0 Å². The second kappa shape index (κ2) is 5.65. The molecule has 0 aliphatic carbocycles. The van der Waals surface area contributed by atoms with Crippen molar-refractivity contribution in [3.05, 3.63) is 28.7 Å². The zero-order valence-corrected chi connectivity index (χ0v) is 9.41. The Bertz CT molecular complexity index is 312. The molecule has 0 bridgehead atoms. The van der Waals surface area contributed by atoms with E-state index >= 15 is 0 Å². The molecular formula is C10H11BrO3. The summed E-state index contributed by atoms with van der Waals surface area (Å²) >= 11 is 3.33. The normalized spacial score (nSPS) is 9.57. The molecule has 0 aliphatic heterocycles. The minimum atomic E-state index is -0.289. The number of carbonyl (C=O) groups is 1. The highest BCUT2D eigenvalue weighted by Gasteiger charge is 1.95. The van der Waals surface area contributed by atoms with Crippen LogP contribution in [0.1, 0.15) is 6.92 Å². The summed E-state index contributed by atoms with van der Waals surface area (Å²) < 4.78 is 11.0. The third-order valence-electron chi connectivity index (χ3n) is 1.45. The first-order valence-corrected chi connectivity index (χ1v) is 4.99. The predicted molar refractivity (Wildman–Crippen MR) is 56.3 cm³/mol. The minimum absolute atomic E-state index is 0.280. The van der Waals surface area contributed by atoms with Crippen LogP contribution in [0.3, 0.4) is 0 Å². The zero-order chi connectivity index (χ0) is 10.4. The fraction of sp³-hybridized carbons (Fsp3) is 0.300. The average Bonchev–Trinajstić information content (AvgIpc) is 2.12. The van der Waals surface area contributed by atoms with E-state index in [0.717, 1.165) is 10.2 Å². The number of carbonyl (C=O) groups excluding carboxylic acids is 1. The lowest BCUT2D eigenvalue weighted by Crippen LogP contribution is -2.09. The van der Waals surface area contributed by atoms with Crippen molar-refractivity contribution in [2.45, 2.75) is 6.92 Å². The fourth-order valence-corrected chi connectivity index (χ4v) is 1.28. The summed E-state index contributed by atoms with van der Waals surface area (Å²) in [7, 11) is 0. The smallest absolute Gasteiger partial charge is 0.302 e. The molecule has 0 aromatic heterocycles. The maximum atomic E-state index is 10.4. The Kier molecular flexibility index (Phi) is 4.46. The van der Waals surface area contributed by atoms with Crippen LogP contribution >= 0.6 is 15.9 Å². The standard InChI is InChI=1S/C10H11BrO3/c1-8(12)13-5-6-14-10-4-2-3-9(11)7-10/h2-4,7H,5-6H2,1H3. The van der Waals surface area contributed by atoms with E-state index in [2.05, 4.69) is 15.9 Å². The van der Waals surface area contributed by atoms with Crippen molar-refractivity contribution in [3.8, 4) is 5.75 Å². The van der Waals surface area contributed by atoms with Gasteiger partial charge >= 0.3 is 5.97 Å². The Balaban J connectivity index is 2.28. The van der Waals surface area contributed by atoms with Crippen molar-refractivity contribution in [1.29, 1.82) is 0 Å². The molecule has 76 valence electrons. The SMILES string of the molecule is CC(=O)OCCOc1cccc(Br)c1. The molecule has 0 radical (unpaired) electrons. The van der Waals surface area contributed by atoms with E-state index < -0.39 is 0 Å². The molecule has 1 aromatic rings. The third-order valence-corrected chi connectivity index (χ3v) is 1.95. The number of rotatable bonds is 4. The van der Waals surface area contributed by atoms with Crippen LogP contribution in [0.5, 0.6) is 5.75 Å². The summed E-state index contributed by atoms with van der Waals surface area (Å²) in [5, 5.41) is 0. The van der Waals surface area contributed by atoms with E-state index in [1.807, 2.05) is 24.3 Å². The topological polar surface area (TPSA) is 35.5 Å². The summed E-state index contributed by atoms with van der Waals surface area (Å²) in [6, 6.07) is 7.50. The van der Waals surface area contributed by atoms with Crippen LogP contribution in [-0.2, 0) is 9.53 Å². The van der Waals surface area contributed by atoms with Gasteiger partial charge in [-0.05, 0) is 18.2 Å². The van der Waals surface area contributed by atoms with Crippen LogP contribution in [0.2, 0.25) is 0 Å². The van der Waals surface area contributed by atoms with Gasteiger partial charge in [0.15, 0.2) is 0 Å². The summed E-state index contributed by atoms with van der Waals surface area (Å²) in [5.74, 6) is 0.467. The van der Waals surface area contributed by atoms with Gasteiger partial charge < -0.3 is 9.47 Å². The predicted octanol–water partition coefficient (Wildman–Crippen LogP) is 2.39. The molecule has 0 N–H and O–H groups in total. The summed E-state index contributed by atoms with van der Waals surface area (Å²) in [6.45, 7) is 2.02. The lowest BCUT2D eigenvalue weighted by molar-refractivity contribution is -0.141. The number of ether oxygens (including phenoxy) is 2. The fourth-order valence-electron chi connectivity index (χ4n) is 0.902. The Morgan fingerprint density at radius 2 is 2.21 bits per heavy atom. The van der Waals surface area contributed by atoms with Gasteiger partial charge in [0, 0.05) is 11.4 Å². The molecule has 0 amide bonds. The average molecular weight is 259 g/mol. The summed E-state index contributed by atoms with van der Waals surface area (Å²) in [4.78, 5) is 10.4. The van der Waals surface area contributed by atoms with Gasteiger partial charge in [-0.1, -0.05) is 22.0 Å². The van der Waals surface area contributed by atoms with E-state index in [4.69, 9.17) is 9.47 Å². The number of hydrogen-bond donors (Lipinski definition) is 0. The Hall–Kier alpha value is -1.03. The second-order valence-electron chi connectivity index (χ2n) is 2.65. The molecule has 0 unspecified atom stereocenters. The van der Waals surface area contributed by atoms with Gasteiger partial charge in [-0.25, -0.2) is 0 Å². The van der Waals surface area contributed by atoms with Crippen LogP contribution in [0, 0.1) is 0 Å². The van der Waals surface area contributed by atoms with Crippen LogP contribution in [0.4, 0.5) is 0 Å². The quantitative estimate of drug-likeness (QED) is 0.615. The maximum Gasteiger partial charge on any atom is 0.302 e. The monoisotopic (exact) mass is 258 g/mol. The van der Waals surface area contributed by atoms with Gasteiger partial charge in [-0.3, -0.25) is 4.79 Å². The molecule has 0 atom stereocenters. The van der Waals surface area contributed by atoms with Crippen molar-refractivity contribution < 1.29 is 14.3 Å². The van der Waals surface area contributed by atoms with E-state index in [-0.39, 0.29) is 12.6 Å². The number of benzene rings is 1. The summed E-state index contributed by atoms with van der Waals surface area (Å²) in [6.07, 6.45) is 0. The molecular weight excluding hydrogens is 248 g/mol. The van der Waals surface area contributed by atoms with E-state index in [1.54, 1.807) is 0 Å². The van der Waals surface area contributed by atoms with E-state index in [1.165, 1.54) is 6.92 Å². The first kappa shape index (κ1) is 11.0. The van der Waals surface area contributed by atoms with Crippen molar-refractivity contribution >= 4 is 21.9 Å². The first-order valence-electron chi connectivity index (χ1n) is 4.20. The van der Waals surface area contributed by atoms with Gasteiger partial charge in [-0.2, -0.15) is 0 Å². The van der Waals surface area contributed by atoms with Gasteiger partial charge in [-0.15, -0.1) is 0 Å². The third kappa shape index (κ3) is 4.28. The van der Waals surface area contributed by atoms with Crippen LogP contribution in [0.25, 0.3) is 0 Å². The molecule has 0 heterocycles. The molecule has 1 rings (SSSR count). The molecule has 0 aliphatic rings. The molecule has 3 nitrogen and oxygen atoms in total. The zero-order valence-electron chi connectivity index (χ0n) is 7.83. The lowest BCUT2D eigenvalue weighted by atomic mass is 10.3. The van der Waals surface area contributed by atoms with Crippen molar-refractivity contribution in [3.63, 3.8) is 0 Å². The Morgan fingerprint density at radius 3 is 2.86 bits per heavy atom. The first-order chi connectivity index (χ1) is 6.68. The van der Waals surface area contributed by atoms with Crippen molar-refractivity contribution in [2.24, 2.45) is 0 Å². The van der Waals surface area contributed by atoms with Crippen LogP contribution < -0.4 is 4.74 Å². The molecule has 14 heavy (non-hydrogen) atoms. The molecule has 4 heteroatoms. The molecule has 0 fully saturated rings. The van der Waals surface area contributed by atoms with Gasteiger partial charge in [0.2, 0.25) is 0 Å². The molecule has 0 saturated heterocycles. The van der Waals surface area contributed by atoms with Crippen LogP contribution in [0.15, 0.2) is 28.7 Å². The maximum absolute atomic E-state index is 10.4. The molecule has 0 spiro atoms. The minimum Gasteiger partial charge on any atom is -0.490 e. The van der Waals surface area contributed by atoms with E-state index in [0.29, 0.717) is 6.61 Å². The number of halogens is 1. The molecule has 1 aromatic carbocycles. The van der Waals surface area contributed by atoms with Gasteiger partial charge in [0.25, 0.3) is 0 Å². The summed E-state index contributed by atoms with van der Waals surface area (Å²) in [5.41, 5.74) is 0. The number of hydrogen-bond acceptors (Lipinski definition) is 3. The highest BCUT2D eigenvalue weighted by molar-refractivity contribution is 9.10. The lowest BCUT2D eigenvalue weighted by Gasteiger charge is -2.05. The van der Waals surface area contributed by atoms with Crippen LogP contribution in [-0.4, -0.2) is 19.2 Å². The Morgan fingerprint density at radius 1 is 1.43 bits per heavy atom. The highest BCUT2D eigenvalue weighted by Crippen LogP contribution is 2.17.